The van der Waals surface area contributed by atoms with E-state index in [1.54, 1.807) is 0 Å². The van der Waals surface area contributed by atoms with Gasteiger partial charge in [-0.3, -0.25) is 9.59 Å². The van der Waals surface area contributed by atoms with Crippen LogP contribution in [0.2, 0.25) is 0 Å². The van der Waals surface area contributed by atoms with Gasteiger partial charge in [-0.1, -0.05) is 12.2 Å². The van der Waals surface area contributed by atoms with Gasteiger partial charge in [-0.25, -0.2) is 0 Å². The van der Waals surface area contributed by atoms with Crippen LogP contribution in [0.3, 0.4) is 0 Å². The molecular formula is C10H15NO3. The Morgan fingerprint density at radius 2 is 2.21 bits per heavy atom. The molecule has 4 heteroatoms. The van der Waals surface area contributed by atoms with Crippen LogP contribution < -0.4 is 5.32 Å². The predicted octanol–water partition coefficient (Wildman–Crippen LogP) is 0.932. The second-order valence-corrected chi connectivity index (χ2v) is 3.55. The van der Waals surface area contributed by atoms with E-state index in [4.69, 9.17) is 5.11 Å². The van der Waals surface area contributed by atoms with Gasteiger partial charge in [0.25, 0.3) is 0 Å². The van der Waals surface area contributed by atoms with Crippen molar-refractivity contribution in [1.82, 2.24) is 5.32 Å². The molecular weight excluding hydrogens is 182 g/mol. The van der Waals surface area contributed by atoms with E-state index < -0.39 is 12.0 Å². The highest BCUT2D eigenvalue weighted by molar-refractivity contribution is 5.84. The highest BCUT2D eigenvalue weighted by atomic mass is 16.4. The van der Waals surface area contributed by atoms with E-state index in [0.29, 0.717) is 0 Å². The van der Waals surface area contributed by atoms with Gasteiger partial charge >= 0.3 is 5.97 Å². The molecule has 0 aromatic heterocycles. The molecule has 0 fully saturated rings. The van der Waals surface area contributed by atoms with Gasteiger partial charge in [0, 0.05) is 5.92 Å². The molecule has 0 aromatic carbocycles. The molecule has 0 bridgehead atoms. The van der Waals surface area contributed by atoms with Crippen molar-refractivity contribution < 1.29 is 14.7 Å². The van der Waals surface area contributed by atoms with Gasteiger partial charge in [0.2, 0.25) is 5.91 Å². The van der Waals surface area contributed by atoms with Crippen LogP contribution in [0, 0.1) is 5.92 Å². The number of carbonyl (C=O) groups is 2. The van der Waals surface area contributed by atoms with Crippen LogP contribution in [-0.2, 0) is 9.59 Å². The van der Waals surface area contributed by atoms with Crippen molar-refractivity contribution in [3.8, 4) is 0 Å². The molecule has 0 aliphatic heterocycles. The standard InChI is InChI=1S/C10H15NO3/c1-7(10(13)14)11-9(12)8-5-3-2-4-6-8/h2-3,7-8H,4-6H2,1H3,(H,11,12)(H,13,14)/t7-,8?/m0/s1. The van der Waals surface area contributed by atoms with E-state index in [1.807, 2.05) is 12.2 Å². The molecule has 78 valence electrons. The monoisotopic (exact) mass is 197 g/mol. The average Bonchev–Trinajstić information content (AvgIpc) is 2.19. The molecule has 4 nitrogen and oxygen atoms in total. The Kier molecular flexibility index (Phi) is 3.68. The topological polar surface area (TPSA) is 66.4 Å². The maximum absolute atomic E-state index is 11.5. The van der Waals surface area contributed by atoms with E-state index in [9.17, 15) is 9.59 Å². The molecule has 0 heterocycles. The van der Waals surface area contributed by atoms with E-state index in [-0.39, 0.29) is 11.8 Å². The minimum Gasteiger partial charge on any atom is -0.480 e. The van der Waals surface area contributed by atoms with Crippen molar-refractivity contribution in [2.45, 2.75) is 32.2 Å². The Balaban J connectivity index is 2.41. The summed E-state index contributed by atoms with van der Waals surface area (Å²) in [6.45, 7) is 1.47. The number of hydrogen-bond donors (Lipinski definition) is 2. The number of carboxylic acid groups (broad SMARTS) is 1. The van der Waals surface area contributed by atoms with Gasteiger partial charge < -0.3 is 10.4 Å². The highest BCUT2D eigenvalue weighted by Gasteiger charge is 2.22. The molecule has 1 rings (SSSR count). The molecule has 2 atom stereocenters. The Morgan fingerprint density at radius 3 is 2.71 bits per heavy atom. The van der Waals surface area contributed by atoms with Crippen molar-refractivity contribution in [2.24, 2.45) is 5.92 Å². The van der Waals surface area contributed by atoms with E-state index in [2.05, 4.69) is 5.32 Å². The number of carbonyl (C=O) groups excluding carboxylic acids is 1. The van der Waals surface area contributed by atoms with Crippen molar-refractivity contribution in [1.29, 1.82) is 0 Å². The Hall–Kier alpha value is -1.32. The number of carboxylic acids is 1. The summed E-state index contributed by atoms with van der Waals surface area (Å²) in [5.41, 5.74) is 0. The van der Waals surface area contributed by atoms with Crippen LogP contribution in [0.1, 0.15) is 26.2 Å². The van der Waals surface area contributed by atoms with Crippen LogP contribution in [-0.4, -0.2) is 23.0 Å². The third kappa shape index (κ3) is 2.87. The summed E-state index contributed by atoms with van der Waals surface area (Å²) in [5.74, 6) is -1.20. The number of hydrogen-bond acceptors (Lipinski definition) is 2. The van der Waals surface area contributed by atoms with Crippen LogP contribution in [0.5, 0.6) is 0 Å². The van der Waals surface area contributed by atoms with Crippen LogP contribution in [0.15, 0.2) is 12.2 Å². The summed E-state index contributed by atoms with van der Waals surface area (Å²) < 4.78 is 0. The van der Waals surface area contributed by atoms with E-state index >= 15 is 0 Å². The SMILES string of the molecule is C[C@H](NC(=O)C1CC=CCC1)C(=O)O. The van der Waals surface area contributed by atoms with Crippen molar-refractivity contribution in [3.63, 3.8) is 0 Å². The fourth-order valence-corrected chi connectivity index (χ4v) is 1.42. The van der Waals surface area contributed by atoms with Crippen LogP contribution >= 0.6 is 0 Å². The molecule has 14 heavy (non-hydrogen) atoms. The normalized spacial score (nSPS) is 22.8. The van der Waals surface area contributed by atoms with Crippen molar-refractivity contribution >= 4 is 11.9 Å². The number of rotatable bonds is 3. The fraction of sp³-hybridized carbons (Fsp3) is 0.600. The minimum absolute atomic E-state index is 0.0539. The maximum Gasteiger partial charge on any atom is 0.325 e. The lowest BCUT2D eigenvalue weighted by atomic mass is 9.93. The minimum atomic E-state index is -0.996. The zero-order valence-corrected chi connectivity index (χ0v) is 8.19. The molecule has 0 aromatic rings. The first-order chi connectivity index (χ1) is 6.61. The Morgan fingerprint density at radius 1 is 1.50 bits per heavy atom. The summed E-state index contributed by atoms with van der Waals surface area (Å²) >= 11 is 0. The summed E-state index contributed by atoms with van der Waals surface area (Å²) in [5, 5.41) is 11.1. The lowest BCUT2D eigenvalue weighted by Crippen LogP contribution is -2.41. The number of amides is 1. The Bertz CT molecular complexity index is 260. The van der Waals surface area contributed by atoms with E-state index in [0.717, 1.165) is 19.3 Å². The third-order valence-electron chi connectivity index (χ3n) is 2.37. The summed E-state index contributed by atoms with van der Waals surface area (Å²) in [6, 6.07) is -0.798. The fourth-order valence-electron chi connectivity index (χ4n) is 1.42. The summed E-state index contributed by atoms with van der Waals surface area (Å²) in [6.07, 6.45) is 6.45. The molecule has 2 N–H and O–H groups in total. The van der Waals surface area contributed by atoms with Gasteiger partial charge in [0.15, 0.2) is 0 Å². The molecule has 0 spiro atoms. The molecule has 1 unspecified atom stereocenters. The molecule has 1 aliphatic carbocycles. The number of nitrogens with one attached hydrogen (secondary N) is 1. The highest BCUT2D eigenvalue weighted by Crippen LogP contribution is 2.18. The molecule has 0 radical (unpaired) electrons. The smallest absolute Gasteiger partial charge is 0.325 e. The second-order valence-electron chi connectivity index (χ2n) is 3.55. The third-order valence-corrected chi connectivity index (χ3v) is 2.37. The number of allylic oxidation sites excluding steroid dienone is 2. The first-order valence-electron chi connectivity index (χ1n) is 4.79. The van der Waals surface area contributed by atoms with Gasteiger partial charge in [-0.05, 0) is 26.2 Å². The first kappa shape index (κ1) is 10.8. The predicted molar refractivity (Wildman–Crippen MR) is 51.7 cm³/mol. The lowest BCUT2D eigenvalue weighted by molar-refractivity contribution is -0.142. The van der Waals surface area contributed by atoms with Gasteiger partial charge in [0.1, 0.15) is 6.04 Å². The van der Waals surface area contributed by atoms with Crippen molar-refractivity contribution in [2.75, 3.05) is 0 Å². The van der Waals surface area contributed by atoms with Crippen molar-refractivity contribution in [3.05, 3.63) is 12.2 Å². The second kappa shape index (κ2) is 4.79. The largest absolute Gasteiger partial charge is 0.480 e. The zero-order chi connectivity index (χ0) is 10.6. The maximum atomic E-state index is 11.5. The first-order valence-corrected chi connectivity index (χ1v) is 4.79. The molecule has 1 amide bonds. The van der Waals surface area contributed by atoms with Gasteiger partial charge in [-0.15, -0.1) is 0 Å². The molecule has 0 saturated carbocycles. The molecule has 0 saturated heterocycles. The van der Waals surface area contributed by atoms with Gasteiger partial charge in [-0.2, -0.15) is 0 Å². The summed E-state index contributed by atoms with van der Waals surface area (Å²) in [4.78, 5) is 22.0. The molecule has 1 aliphatic rings. The van der Waals surface area contributed by atoms with E-state index in [1.165, 1.54) is 6.92 Å². The van der Waals surface area contributed by atoms with Crippen LogP contribution in [0.4, 0.5) is 0 Å². The lowest BCUT2D eigenvalue weighted by Gasteiger charge is -2.18. The quantitative estimate of drug-likeness (QED) is 0.661. The Labute approximate surface area is 83.0 Å². The average molecular weight is 197 g/mol. The van der Waals surface area contributed by atoms with Crippen LogP contribution in [0.25, 0.3) is 0 Å². The zero-order valence-electron chi connectivity index (χ0n) is 8.19. The number of aliphatic carboxylic acids is 1. The van der Waals surface area contributed by atoms with Gasteiger partial charge in [0.05, 0.1) is 0 Å². The summed E-state index contributed by atoms with van der Waals surface area (Å²) in [7, 11) is 0.